The van der Waals surface area contributed by atoms with E-state index in [-0.39, 0.29) is 18.3 Å². The third kappa shape index (κ3) is 3.59. The summed E-state index contributed by atoms with van der Waals surface area (Å²) < 4.78 is 1.66. The summed E-state index contributed by atoms with van der Waals surface area (Å²) in [5.41, 5.74) is 8.42. The van der Waals surface area contributed by atoms with Crippen molar-refractivity contribution in [2.24, 2.45) is 12.8 Å². The number of hydrogen-bond acceptors (Lipinski definition) is 3. The van der Waals surface area contributed by atoms with Crippen molar-refractivity contribution >= 4 is 24.1 Å². The summed E-state index contributed by atoms with van der Waals surface area (Å²) in [5, 5.41) is 7.23. The van der Waals surface area contributed by atoms with Gasteiger partial charge in [-0.3, -0.25) is 9.48 Å². The van der Waals surface area contributed by atoms with Gasteiger partial charge < -0.3 is 11.1 Å². The van der Waals surface area contributed by atoms with E-state index in [9.17, 15) is 4.79 Å². The van der Waals surface area contributed by atoms with E-state index in [0.717, 1.165) is 16.8 Å². The van der Waals surface area contributed by atoms with E-state index in [1.54, 1.807) is 11.7 Å². The number of carbonyl (C=O) groups is 1. The van der Waals surface area contributed by atoms with Gasteiger partial charge in [-0.2, -0.15) is 5.10 Å². The largest absolute Gasteiger partial charge is 0.330 e. The SMILES string of the molecule is Cc1ccccc1-c1cc(NC(=O)CCN)n(C)n1.Cl. The molecule has 0 saturated heterocycles. The molecule has 6 heteroatoms. The molecule has 0 unspecified atom stereocenters. The van der Waals surface area contributed by atoms with Crippen molar-refractivity contribution < 1.29 is 4.79 Å². The highest BCUT2D eigenvalue weighted by Crippen LogP contribution is 2.24. The van der Waals surface area contributed by atoms with Crippen LogP contribution in [0.2, 0.25) is 0 Å². The number of aromatic nitrogens is 2. The molecule has 1 aromatic heterocycles. The third-order valence-corrected chi connectivity index (χ3v) is 2.94. The summed E-state index contributed by atoms with van der Waals surface area (Å²) in [5.74, 6) is 0.582. The van der Waals surface area contributed by atoms with E-state index < -0.39 is 0 Å². The molecule has 0 atom stereocenters. The fourth-order valence-electron chi connectivity index (χ4n) is 1.91. The van der Waals surface area contributed by atoms with Gasteiger partial charge >= 0.3 is 0 Å². The second-order valence-corrected chi connectivity index (χ2v) is 4.44. The Kier molecular flexibility index (Phi) is 5.73. The van der Waals surface area contributed by atoms with Crippen LogP contribution in [0, 0.1) is 6.92 Å². The minimum absolute atomic E-state index is 0. The first-order valence-corrected chi connectivity index (χ1v) is 6.22. The molecular weight excluding hydrogens is 276 g/mol. The Bertz CT molecular complexity index is 595. The Hall–Kier alpha value is -1.85. The molecule has 1 aromatic carbocycles. The first-order chi connectivity index (χ1) is 9.11. The van der Waals surface area contributed by atoms with Gasteiger partial charge in [-0.05, 0) is 12.5 Å². The van der Waals surface area contributed by atoms with Crippen LogP contribution in [0.5, 0.6) is 0 Å². The van der Waals surface area contributed by atoms with Crippen LogP contribution in [0.3, 0.4) is 0 Å². The number of halogens is 1. The molecule has 0 aliphatic rings. The summed E-state index contributed by atoms with van der Waals surface area (Å²) in [7, 11) is 1.81. The normalized spacial score (nSPS) is 9.95. The summed E-state index contributed by atoms with van der Waals surface area (Å²) in [6, 6.07) is 9.89. The lowest BCUT2D eigenvalue weighted by Crippen LogP contribution is -2.17. The topological polar surface area (TPSA) is 72.9 Å². The van der Waals surface area contributed by atoms with Crippen molar-refractivity contribution in [3.8, 4) is 11.3 Å². The lowest BCUT2D eigenvalue weighted by atomic mass is 10.1. The number of rotatable bonds is 4. The molecular formula is C14H19ClN4O. The van der Waals surface area contributed by atoms with E-state index in [0.29, 0.717) is 18.8 Å². The van der Waals surface area contributed by atoms with Gasteiger partial charge in [0.1, 0.15) is 5.82 Å². The number of hydrogen-bond donors (Lipinski definition) is 2. The molecule has 0 fully saturated rings. The van der Waals surface area contributed by atoms with Crippen LogP contribution in [-0.2, 0) is 11.8 Å². The number of nitrogens with zero attached hydrogens (tertiary/aromatic N) is 2. The molecule has 1 amide bonds. The highest BCUT2D eigenvalue weighted by Gasteiger charge is 2.10. The zero-order valence-electron chi connectivity index (χ0n) is 11.6. The average Bonchev–Trinajstić information content (AvgIpc) is 2.71. The van der Waals surface area contributed by atoms with Crippen LogP contribution < -0.4 is 11.1 Å². The smallest absolute Gasteiger partial charge is 0.226 e. The number of amides is 1. The van der Waals surface area contributed by atoms with E-state index in [1.807, 2.05) is 37.3 Å². The minimum Gasteiger partial charge on any atom is -0.330 e. The van der Waals surface area contributed by atoms with Crippen molar-refractivity contribution in [1.29, 1.82) is 0 Å². The summed E-state index contributed by atoms with van der Waals surface area (Å²) in [6.45, 7) is 2.38. The van der Waals surface area contributed by atoms with Gasteiger partial charge in [0.2, 0.25) is 5.91 Å². The molecule has 0 saturated carbocycles. The number of benzene rings is 1. The second-order valence-electron chi connectivity index (χ2n) is 4.44. The van der Waals surface area contributed by atoms with Gasteiger partial charge in [-0.25, -0.2) is 0 Å². The maximum atomic E-state index is 11.5. The molecule has 0 aliphatic heterocycles. The molecule has 2 rings (SSSR count). The van der Waals surface area contributed by atoms with Crippen LogP contribution in [-0.4, -0.2) is 22.2 Å². The number of nitrogens with one attached hydrogen (secondary N) is 1. The van der Waals surface area contributed by atoms with Gasteiger partial charge in [0.25, 0.3) is 0 Å². The Labute approximate surface area is 124 Å². The Morgan fingerprint density at radius 3 is 2.75 bits per heavy atom. The van der Waals surface area contributed by atoms with Gasteiger partial charge in [0.15, 0.2) is 0 Å². The maximum absolute atomic E-state index is 11.5. The summed E-state index contributed by atoms with van der Waals surface area (Å²) in [6.07, 6.45) is 0.310. The summed E-state index contributed by atoms with van der Waals surface area (Å²) in [4.78, 5) is 11.5. The zero-order valence-corrected chi connectivity index (χ0v) is 12.4. The van der Waals surface area contributed by atoms with Crippen LogP contribution in [0.15, 0.2) is 30.3 Å². The molecule has 108 valence electrons. The molecule has 20 heavy (non-hydrogen) atoms. The summed E-state index contributed by atoms with van der Waals surface area (Å²) >= 11 is 0. The number of anilines is 1. The first-order valence-electron chi connectivity index (χ1n) is 6.22. The Morgan fingerprint density at radius 1 is 1.40 bits per heavy atom. The van der Waals surface area contributed by atoms with Crippen molar-refractivity contribution in [1.82, 2.24) is 9.78 Å². The van der Waals surface area contributed by atoms with E-state index >= 15 is 0 Å². The van der Waals surface area contributed by atoms with Crippen LogP contribution in [0.1, 0.15) is 12.0 Å². The average molecular weight is 295 g/mol. The lowest BCUT2D eigenvalue weighted by molar-refractivity contribution is -0.116. The standard InChI is InChI=1S/C14H18N4O.ClH/c1-10-5-3-4-6-11(10)12-9-13(18(2)17-12)16-14(19)7-8-15;/h3-6,9H,7-8,15H2,1-2H3,(H,16,19);1H. The molecule has 1 heterocycles. The highest BCUT2D eigenvalue weighted by molar-refractivity contribution is 5.90. The van der Waals surface area contributed by atoms with Crippen molar-refractivity contribution in [2.75, 3.05) is 11.9 Å². The predicted molar refractivity (Wildman–Crippen MR) is 82.9 cm³/mol. The third-order valence-electron chi connectivity index (χ3n) is 2.94. The quantitative estimate of drug-likeness (QED) is 0.907. The van der Waals surface area contributed by atoms with Gasteiger partial charge in [-0.1, -0.05) is 24.3 Å². The van der Waals surface area contributed by atoms with Gasteiger partial charge in [-0.15, -0.1) is 12.4 Å². The van der Waals surface area contributed by atoms with Gasteiger partial charge in [0, 0.05) is 31.6 Å². The van der Waals surface area contributed by atoms with Crippen LogP contribution in [0.4, 0.5) is 5.82 Å². The Morgan fingerprint density at radius 2 is 2.10 bits per heavy atom. The molecule has 0 bridgehead atoms. The molecule has 0 aliphatic carbocycles. The van der Waals surface area contributed by atoms with E-state index in [1.165, 1.54) is 0 Å². The van der Waals surface area contributed by atoms with Crippen LogP contribution in [0.25, 0.3) is 11.3 Å². The minimum atomic E-state index is -0.0955. The molecule has 2 aromatic rings. The zero-order chi connectivity index (χ0) is 13.8. The molecule has 5 nitrogen and oxygen atoms in total. The first kappa shape index (κ1) is 16.2. The number of nitrogens with two attached hydrogens (primary N) is 1. The number of carbonyl (C=O) groups excluding carboxylic acids is 1. The maximum Gasteiger partial charge on any atom is 0.226 e. The fourth-order valence-corrected chi connectivity index (χ4v) is 1.91. The second kappa shape index (κ2) is 7.07. The van der Waals surface area contributed by atoms with Crippen molar-refractivity contribution in [3.63, 3.8) is 0 Å². The van der Waals surface area contributed by atoms with Crippen molar-refractivity contribution in [2.45, 2.75) is 13.3 Å². The molecule has 0 radical (unpaired) electrons. The van der Waals surface area contributed by atoms with E-state index in [2.05, 4.69) is 10.4 Å². The molecule has 0 spiro atoms. The highest BCUT2D eigenvalue weighted by atomic mass is 35.5. The predicted octanol–water partition coefficient (Wildman–Crippen LogP) is 2.10. The van der Waals surface area contributed by atoms with Gasteiger partial charge in [0.05, 0.1) is 5.69 Å². The van der Waals surface area contributed by atoms with Crippen LogP contribution >= 0.6 is 12.4 Å². The fraction of sp³-hybridized carbons (Fsp3) is 0.286. The Balaban J connectivity index is 0.00000200. The molecule has 3 N–H and O–H groups in total. The number of aryl methyl sites for hydroxylation is 2. The monoisotopic (exact) mass is 294 g/mol. The van der Waals surface area contributed by atoms with Crippen molar-refractivity contribution in [3.05, 3.63) is 35.9 Å². The lowest BCUT2D eigenvalue weighted by Gasteiger charge is -2.02. The van der Waals surface area contributed by atoms with E-state index in [4.69, 9.17) is 5.73 Å².